The fraction of sp³-hybridized carbons (Fsp3) is 0.524. The number of aliphatic hydroxyl groups is 1. The third kappa shape index (κ3) is 3.66. The van der Waals surface area contributed by atoms with Crippen molar-refractivity contribution in [3.8, 4) is 16.3 Å². The Bertz CT molecular complexity index is 833. The third-order valence-corrected chi connectivity index (χ3v) is 6.96. The van der Waals surface area contributed by atoms with Crippen LogP contribution in [0.25, 0.3) is 10.6 Å². The highest BCUT2D eigenvalue weighted by atomic mass is 32.1. The van der Waals surface area contributed by atoms with Crippen LogP contribution in [0.4, 0.5) is 0 Å². The van der Waals surface area contributed by atoms with Gasteiger partial charge in [0.1, 0.15) is 15.6 Å². The minimum atomic E-state index is -0.798. The molecule has 0 spiro atoms. The Morgan fingerprint density at radius 3 is 2.89 bits per heavy atom. The van der Waals surface area contributed by atoms with Gasteiger partial charge in [-0.3, -0.25) is 4.79 Å². The molecular weight excluding hydrogens is 376 g/mol. The molecule has 150 valence electrons. The molecule has 28 heavy (non-hydrogen) atoms. The van der Waals surface area contributed by atoms with Gasteiger partial charge >= 0.3 is 0 Å². The van der Waals surface area contributed by atoms with Crippen LogP contribution in [0, 0.1) is 5.92 Å². The molecule has 2 saturated heterocycles. The highest BCUT2D eigenvalue weighted by Crippen LogP contribution is 2.37. The number of rotatable bonds is 4. The maximum absolute atomic E-state index is 13.2. The lowest BCUT2D eigenvalue weighted by Gasteiger charge is -2.43. The van der Waals surface area contributed by atoms with Crippen molar-refractivity contribution < 1.29 is 19.4 Å². The number of hydrogen-bond donors (Lipinski definition) is 1. The molecule has 3 heterocycles. The number of hydrogen-bond acceptors (Lipinski definition) is 6. The van der Waals surface area contributed by atoms with Gasteiger partial charge in [0.2, 0.25) is 0 Å². The lowest BCUT2D eigenvalue weighted by atomic mass is 9.79. The molecule has 6 nitrogen and oxygen atoms in total. The van der Waals surface area contributed by atoms with E-state index in [1.807, 2.05) is 36.1 Å². The molecule has 2 aliphatic rings. The number of thiazole rings is 1. The van der Waals surface area contributed by atoms with Gasteiger partial charge in [0.05, 0.1) is 25.5 Å². The van der Waals surface area contributed by atoms with Crippen molar-refractivity contribution in [2.24, 2.45) is 5.92 Å². The van der Waals surface area contributed by atoms with E-state index in [-0.39, 0.29) is 17.9 Å². The molecule has 1 amide bonds. The molecule has 3 unspecified atom stereocenters. The Morgan fingerprint density at radius 1 is 1.39 bits per heavy atom. The zero-order valence-electron chi connectivity index (χ0n) is 16.3. The van der Waals surface area contributed by atoms with Gasteiger partial charge in [-0.1, -0.05) is 0 Å². The number of aromatic nitrogens is 1. The smallest absolute Gasteiger partial charge is 0.265 e. The van der Waals surface area contributed by atoms with E-state index in [1.165, 1.54) is 11.3 Å². The second kappa shape index (κ2) is 7.81. The molecule has 1 N–H and O–H groups in total. The summed E-state index contributed by atoms with van der Waals surface area (Å²) in [6, 6.07) is 7.68. The van der Waals surface area contributed by atoms with Crippen molar-refractivity contribution in [3.63, 3.8) is 0 Å². The van der Waals surface area contributed by atoms with Gasteiger partial charge in [-0.2, -0.15) is 0 Å². The molecule has 2 aromatic rings. The van der Waals surface area contributed by atoms with Gasteiger partial charge in [-0.05, 0) is 50.5 Å². The summed E-state index contributed by atoms with van der Waals surface area (Å²) in [7, 11) is 1.64. The Labute approximate surface area is 169 Å². The maximum atomic E-state index is 13.2. The summed E-state index contributed by atoms with van der Waals surface area (Å²) < 4.78 is 10.8. The average molecular weight is 403 g/mol. The summed E-state index contributed by atoms with van der Waals surface area (Å²) in [6.07, 6.45) is 4.13. The zero-order valence-corrected chi connectivity index (χ0v) is 17.1. The highest BCUT2D eigenvalue weighted by molar-refractivity contribution is 7.16. The van der Waals surface area contributed by atoms with Crippen LogP contribution in [-0.4, -0.2) is 59.4 Å². The SMILES string of the molecule is COc1ccc(-c2ncc(C(=O)N3CCCC3C3COCCC3(C)O)s2)cc1. The van der Waals surface area contributed by atoms with Gasteiger partial charge in [0.25, 0.3) is 5.91 Å². The molecule has 7 heteroatoms. The minimum absolute atomic E-state index is 0.00105. The molecule has 0 bridgehead atoms. The number of ether oxygens (including phenoxy) is 2. The zero-order chi connectivity index (χ0) is 19.7. The second-order valence-electron chi connectivity index (χ2n) is 7.75. The van der Waals surface area contributed by atoms with Gasteiger partial charge in [0.15, 0.2) is 0 Å². The van der Waals surface area contributed by atoms with Gasteiger partial charge in [-0.15, -0.1) is 11.3 Å². The number of likely N-dealkylation sites (tertiary alicyclic amines) is 1. The molecule has 0 radical (unpaired) electrons. The standard InChI is InChI=1S/C21H26N2O4S/c1-21(25)9-11-27-13-16(21)17-4-3-10-23(17)20(24)18-12-22-19(28-18)14-5-7-15(26-2)8-6-14/h5-8,12,16-17,25H,3-4,9-11,13H2,1-2H3. The average Bonchev–Trinajstić information content (AvgIpc) is 3.37. The summed E-state index contributed by atoms with van der Waals surface area (Å²) in [5.41, 5.74) is 0.166. The molecule has 0 aliphatic carbocycles. The van der Waals surface area contributed by atoms with E-state index in [4.69, 9.17) is 9.47 Å². The number of amides is 1. The number of methoxy groups -OCH3 is 1. The lowest BCUT2D eigenvalue weighted by Crippen LogP contribution is -2.53. The molecule has 3 atom stereocenters. The summed E-state index contributed by atoms with van der Waals surface area (Å²) in [5, 5.41) is 11.6. The molecule has 0 saturated carbocycles. The van der Waals surface area contributed by atoms with Crippen LogP contribution in [0.3, 0.4) is 0 Å². The van der Waals surface area contributed by atoms with E-state index < -0.39 is 5.60 Å². The topological polar surface area (TPSA) is 71.9 Å². The summed E-state index contributed by atoms with van der Waals surface area (Å²) >= 11 is 1.41. The van der Waals surface area contributed by atoms with Crippen molar-refractivity contribution in [1.82, 2.24) is 9.88 Å². The van der Waals surface area contributed by atoms with Crippen molar-refractivity contribution in [1.29, 1.82) is 0 Å². The van der Waals surface area contributed by atoms with Gasteiger partial charge in [-0.25, -0.2) is 4.98 Å². The number of carbonyl (C=O) groups excluding carboxylic acids is 1. The first kappa shape index (κ1) is 19.4. The fourth-order valence-electron chi connectivity index (χ4n) is 4.22. The van der Waals surface area contributed by atoms with E-state index in [2.05, 4.69) is 4.98 Å². The van der Waals surface area contributed by atoms with Crippen LogP contribution in [0.5, 0.6) is 5.75 Å². The van der Waals surface area contributed by atoms with Crippen molar-refractivity contribution in [3.05, 3.63) is 35.3 Å². The van der Waals surface area contributed by atoms with Crippen LogP contribution >= 0.6 is 11.3 Å². The quantitative estimate of drug-likeness (QED) is 0.850. The second-order valence-corrected chi connectivity index (χ2v) is 8.79. The summed E-state index contributed by atoms with van der Waals surface area (Å²) in [6.45, 7) is 3.66. The van der Waals surface area contributed by atoms with E-state index in [0.717, 1.165) is 29.2 Å². The molecule has 2 fully saturated rings. The Kier molecular flexibility index (Phi) is 5.40. The van der Waals surface area contributed by atoms with Crippen LogP contribution in [-0.2, 0) is 4.74 Å². The van der Waals surface area contributed by atoms with Crippen LogP contribution < -0.4 is 4.74 Å². The maximum Gasteiger partial charge on any atom is 0.265 e. The normalized spacial score (nSPS) is 27.8. The number of carbonyl (C=O) groups is 1. The van der Waals surface area contributed by atoms with Crippen molar-refractivity contribution >= 4 is 17.2 Å². The predicted octanol–water partition coefficient (Wildman–Crippen LogP) is 3.21. The van der Waals surface area contributed by atoms with Crippen LogP contribution in [0.1, 0.15) is 35.9 Å². The molecule has 1 aromatic carbocycles. The largest absolute Gasteiger partial charge is 0.497 e. The van der Waals surface area contributed by atoms with Gasteiger partial charge in [0, 0.05) is 30.7 Å². The Balaban J connectivity index is 1.53. The predicted molar refractivity (Wildman–Crippen MR) is 108 cm³/mol. The van der Waals surface area contributed by atoms with E-state index in [9.17, 15) is 9.90 Å². The third-order valence-electron chi connectivity index (χ3n) is 5.93. The Hall–Kier alpha value is -1.96. The monoisotopic (exact) mass is 402 g/mol. The number of benzene rings is 1. The van der Waals surface area contributed by atoms with Crippen LogP contribution in [0.2, 0.25) is 0 Å². The first-order chi connectivity index (χ1) is 13.5. The molecule has 1 aromatic heterocycles. The van der Waals surface area contributed by atoms with Crippen molar-refractivity contribution in [2.75, 3.05) is 26.9 Å². The van der Waals surface area contributed by atoms with E-state index in [1.54, 1.807) is 13.3 Å². The summed E-state index contributed by atoms with van der Waals surface area (Å²) in [5.74, 6) is 0.737. The first-order valence-corrected chi connectivity index (χ1v) is 10.5. The Morgan fingerprint density at radius 2 is 2.18 bits per heavy atom. The van der Waals surface area contributed by atoms with Crippen molar-refractivity contribution in [2.45, 2.75) is 37.8 Å². The first-order valence-electron chi connectivity index (χ1n) is 9.71. The molecular formula is C21H26N2O4S. The summed E-state index contributed by atoms with van der Waals surface area (Å²) in [4.78, 5) is 20.2. The van der Waals surface area contributed by atoms with E-state index >= 15 is 0 Å². The lowest BCUT2D eigenvalue weighted by molar-refractivity contribution is -0.119. The molecule has 4 rings (SSSR count). The van der Waals surface area contributed by atoms with Crippen LogP contribution in [0.15, 0.2) is 30.5 Å². The minimum Gasteiger partial charge on any atom is -0.497 e. The fourth-order valence-corrected chi connectivity index (χ4v) is 5.10. The van der Waals surface area contributed by atoms with Gasteiger partial charge < -0.3 is 19.5 Å². The number of nitrogens with zero attached hydrogens (tertiary/aromatic N) is 2. The molecule has 2 aliphatic heterocycles. The highest BCUT2D eigenvalue weighted by Gasteiger charge is 2.45. The van der Waals surface area contributed by atoms with E-state index in [0.29, 0.717) is 31.1 Å².